The van der Waals surface area contributed by atoms with Crippen molar-refractivity contribution in [2.45, 2.75) is 32.9 Å². The highest BCUT2D eigenvalue weighted by molar-refractivity contribution is 6.30. The van der Waals surface area contributed by atoms with Crippen molar-refractivity contribution in [3.05, 3.63) is 52.8 Å². The average molecular weight is 405 g/mol. The van der Waals surface area contributed by atoms with Crippen molar-refractivity contribution in [2.75, 3.05) is 19.7 Å². The lowest BCUT2D eigenvalue weighted by molar-refractivity contribution is -0.155. The van der Waals surface area contributed by atoms with Gasteiger partial charge in [-0.25, -0.2) is 0 Å². The lowest BCUT2D eigenvalue weighted by atomic mass is 9.73. The Balaban J connectivity index is 1.68. The van der Waals surface area contributed by atoms with Gasteiger partial charge in [-0.1, -0.05) is 30.7 Å². The summed E-state index contributed by atoms with van der Waals surface area (Å²) in [5, 5.41) is 17.0. The van der Waals surface area contributed by atoms with Crippen LogP contribution in [0.5, 0.6) is 0 Å². The number of aromatic nitrogens is 2. The van der Waals surface area contributed by atoms with Gasteiger partial charge in [0.2, 0.25) is 11.8 Å². The van der Waals surface area contributed by atoms with Gasteiger partial charge in [-0.3, -0.25) is 14.3 Å². The van der Waals surface area contributed by atoms with Crippen molar-refractivity contribution in [2.24, 2.45) is 5.41 Å². The Morgan fingerprint density at radius 3 is 2.61 bits per heavy atom. The summed E-state index contributed by atoms with van der Waals surface area (Å²) in [5.74, 6) is -0.465. The van der Waals surface area contributed by atoms with Crippen LogP contribution in [0.2, 0.25) is 5.02 Å². The maximum Gasteiger partial charge on any atom is 0.248 e. The van der Waals surface area contributed by atoms with E-state index in [0.717, 1.165) is 24.1 Å². The summed E-state index contributed by atoms with van der Waals surface area (Å²) in [6.45, 7) is 3.34. The van der Waals surface area contributed by atoms with Gasteiger partial charge in [0.15, 0.2) is 0 Å². The zero-order chi connectivity index (χ0) is 20.1. The second-order valence-corrected chi connectivity index (χ2v) is 7.72. The first kappa shape index (κ1) is 20.4. The van der Waals surface area contributed by atoms with Crippen LogP contribution >= 0.6 is 11.6 Å². The number of hydrogen-bond acceptors (Lipinski definition) is 4. The summed E-state index contributed by atoms with van der Waals surface area (Å²) in [6.07, 6.45) is 5.18. The van der Waals surface area contributed by atoms with Gasteiger partial charge < -0.3 is 15.3 Å². The number of amides is 2. The molecule has 0 radical (unpaired) electrons. The van der Waals surface area contributed by atoms with Crippen molar-refractivity contribution in [3.63, 3.8) is 0 Å². The Hall–Kier alpha value is -2.38. The Bertz CT molecular complexity index is 828. The minimum absolute atomic E-state index is 0.104. The molecule has 2 N–H and O–H groups in total. The highest BCUT2D eigenvalue weighted by atomic mass is 35.5. The van der Waals surface area contributed by atoms with Gasteiger partial charge in [-0.15, -0.1) is 0 Å². The minimum Gasteiger partial charge on any atom is -0.387 e. The quantitative estimate of drug-likeness (QED) is 0.700. The number of aliphatic hydroxyl groups excluding tert-OH is 1. The molecule has 8 heteroatoms. The van der Waals surface area contributed by atoms with Crippen molar-refractivity contribution in [1.29, 1.82) is 0 Å². The van der Waals surface area contributed by atoms with Gasteiger partial charge >= 0.3 is 0 Å². The molecule has 1 aromatic heterocycles. The molecule has 150 valence electrons. The van der Waals surface area contributed by atoms with E-state index >= 15 is 0 Å². The molecule has 1 aromatic carbocycles. The number of nitrogens with zero attached hydrogens (tertiary/aromatic N) is 3. The van der Waals surface area contributed by atoms with Crippen LogP contribution < -0.4 is 5.32 Å². The molecule has 0 saturated carbocycles. The highest BCUT2D eigenvalue weighted by Crippen LogP contribution is 2.35. The SMILES string of the molecule is CCCn1cc(CNC(=O)C2(Cc3ccc(Cl)cc3)CN(C(=O)CO)C2)cn1. The van der Waals surface area contributed by atoms with Gasteiger partial charge in [-0.05, 0) is 30.5 Å². The third kappa shape index (κ3) is 4.54. The molecular formula is C20H25ClN4O3. The molecule has 1 aliphatic heterocycles. The lowest BCUT2D eigenvalue weighted by Crippen LogP contribution is -2.66. The standard InChI is InChI=1S/C20H25ClN4O3/c1-2-7-25-11-16(10-23-25)9-22-19(28)20(13-24(14-20)18(27)12-26)8-15-3-5-17(21)6-4-15/h3-6,10-11,26H,2,7-9,12-14H2,1H3,(H,22,28). The average Bonchev–Trinajstić information content (AvgIpc) is 3.11. The van der Waals surface area contributed by atoms with E-state index in [2.05, 4.69) is 17.3 Å². The zero-order valence-electron chi connectivity index (χ0n) is 15.9. The maximum atomic E-state index is 13.0. The van der Waals surface area contributed by atoms with Crippen molar-refractivity contribution in [3.8, 4) is 0 Å². The molecule has 1 fully saturated rings. The van der Waals surface area contributed by atoms with E-state index in [9.17, 15) is 9.59 Å². The molecule has 0 atom stereocenters. The molecule has 0 spiro atoms. The number of likely N-dealkylation sites (tertiary alicyclic amines) is 1. The third-order valence-electron chi connectivity index (χ3n) is 5.00. The molecule has 2 amide bonds. The number of halogens is 1. The Morgan fingerprint density at radius 2 is 1.96 bits per heavy atom. The smallest absolute Gasteiger partial charge is 0.248 e. The summed E-state index contributed by atoms with van der Waals surface area (Å²) in [4.78, 5) is 26.3. The van der Waals surface area contributed by atoms with Gasteiger partial charge in [0.25, 0.3) is 0 Å². The third-order valence-corrected chi connectivity index (χ3v) is 5.26. The van der Waals surface area contributed by atoms with Crippen molar-refractivity contribution < 1.29 is 14.7 Å². The number of carbonyl (C=O) groups is 2. The van der Waals surface area contributed by atoms with Gasteiger partial charge in [0.05, 0.1) is 11.6 Å². The van der Waals surface area contributed by atoms with Gasteiger partial charge in [0, 0.05) is 43.0 Å². The number of hydrogen-bond donors (Lipinski definition) is 2. The van der Waals surface area contributed by atoms with E-state index in [1.54, 1.807) is 18.3 Å². The van der Waals surface area contributed by atoms with Crippen molar-refractivity contribution >= 4 is 23.4 Å². The van der Waals surface area contributed by atoms with E-state index in [0.29, 0.717) is 18.0 Å². The normalized spacial score (nSPS) is 15.2. The highest BCUT2D eigenvalue weighted by Gasteiger charge is 2.50. The van der Waals surface area contributed by atoms with Crippen LogP contribution in [0.1, 0.15) is 24.5 Å². The van der Waals surface area contributed by atoms with Crippen LogP contribution in [-0.4, -0.2) is 51.3 Å². The van der Waals surface area contributed by atoms with E-state index in [1.807, 2.05) is 23.0 Å². The summed E-state index contributed by atoms with van der Waals surface area (Å²) in [7, 11) is 0. The molecule has 7 nitrogen and oxygen atoms in total. The van der Waals surface area contributed by atoms with Crippen LogP contribution in [0, 0.1) is 5.41 Å². The monoisotopic (exact) mass is 404 g/mol. The summed E-state index contributed by atoms with van der Waals surface area (Å²) in [6, 6.07) is 7.37. The molecule has 1 saturated heterocycles. The Labute approximate surface area is 169 Å². The second-order valence-electron chi connectivity index (χ2n) is 7.29. The Morgan fingerprint density at radius 1 is 1.25 bits per heavy atom. The molecular weight excluding hydrogens is 380 g/mol. The number of rotatable bonds is 8. The number of aliphatic hydroxyl groups is 1. The number of benzene rings is 1. The summed E-state index contributed by atoms with van der Waals surface area (Å²) >= 11 is 5.95. The fourth-order valence-corrected chi connectivity index (χ4v) is 3.63. The van der Waals surface area contributed by atoms with Crippen LogP contribution in [0.25, 0.3) is 0 Å². The largest absolute Gasteiger partial charge is 0.387 e. The molecule has 0 bridgehead atoms. The van der Waals surface area contributed by atoms with E-state index < -0.39 is 12.0 Å². The predicted octanol–water partition coefficient (Wildman–Crippen LogP) is 1.63. The van der Waals surface area contributed by atoms with Gasteiger partial charge in [-0.2, -0.15) is 5.10 Å². The summed E-state index contributed by atoms with van der Waals surface area (Å²) < 4.78 is 1.86. The first-order valence-electron chi connectivity index (χ1n) is 9.38. The van der Waals surface area contributed by atoms with Crippen LogP contribution in [0.4, 0.5) is 0 Å². The minimum atomic E-state index is -0.710. The number of aryl methyl sites for hydroxylation is 1. The predicted molar refractivity (Wildman–Crippen MR) is 106 cm³/mol. The second kappa shape index (κ2) is 8.75. The molecule has 2 aromatic rings. The summed E-state index contributed by atoms with van der Waals surface area (Å²) in [5.41, 5.74) is 1.20. The van der Waals surface area contributed by atoms with E-state index in [1.165, 1.54) is 4.90 Å². The molecule has 0 unspecified atom stereocenters. The zero-order valence-corrected chi connectivity index (χ0v) is 16.7. The van der Waals surface area contributed by atoms with Crippen molar-refractivity contribution in [1.82, 2.24) is 20.0 Å². The molecule has 1 aliphatic rings. The van der Waals surface area contributed by atoms with Crippen LogP contribution in [0.3, 0.4) is 0 Å². The fourth-order valence-electron chi connectivity index (χ4n) is 3.51. The van der Waals surface area contributed by atoms with Crippen LogP contribution in [-0.2, 0) is 29.1 Å². The fraction of sp³-hybridized carbons (Fsp3) is 0.450. The number of carbonyl (C=O) groups excluding carboxylic acids is 2. The molecule has 3 rings (SSSR count). The molecule has 2 heterocycles. The maximum absolute atomic E-state index is 13.0. The number of nitrogens with one attached hydrogen (secondary N) is 1. The first-order chi connectivity index (χ1) is 13.5. The Kier molecular flexibility index (Phi) is 6.36. The van der Waals surface area contributed by atoms with Crippen LogP contribution in [0.15, 0.2) is 36.7 Å². The first-order valence-corrected chi connectivity index (χ1v) is 9.76. The topological polar surface area (TPSA) is 87.5 Å². The van der Waals surface area contributed by atoms with E-state index in [-0.39, 0.29) is 24.9 Å². The van der Waals surface area contributed by atoms with E-state index in [4.69, 9.17) is 16.7 Å². The lowest BCUT2D eigenvalue weighted by Gasteiger charge is -2.48. The molecule has 0 aliphatic carbocycles. The van der Waals surface area contributed by atoms with Gasteiger partial charge in [0.1, 0.15) is 6.61 Å². The molecule has 28 heavy (non-hydrogen) atoms.